The number of rotatable bonds is 6. The molecule has 4 aliphatic rings. The topological polar surface area (TPSA) is 42.0 Å². The number of thiazole rings is 1. The summed E-state index contributed by atoms with van der Waals surface area (Å²) in [6.45, 7) is 2.94. The largest absolute Gasteiger partial charge is 0.351 e. The van der Waals surface area contributed by atoms with Crippen LogP contribution in [0.5, 0.6) is 0 Å². The Morgan fingerprint density at radius 2 is 1.96 bits per heavy atom. The average Bonchev–Trinajstić information content (AvgIpc) is 2.94. The molecule has 0 spiro atoms. The van der Waals surface area contributed by atoms with Gasteiger partial charge in [-0.15, -0.1) is 11.3 Å². The van der Waals surface area contributed by atoms with Crippen LogP contribution in [0.2, 0.25) is 0 Å². The second kappa shape index (κ2) is 6.40. The van der Waals surface area contributed by atoms with E-state index >= 15 is 0 Å². The van der Waals surface area contributed by atoms with E-state index in [1.54, 1.807) is 18.0 Å². The van der Waals surface area contributed by atoms with Gasteiger partial charge >= 0.3 is 0 Å². The highest BCUT2D eigenvalue weighted by molar-refractivity contribution is 8.01. The van der Waals surface area contributed by atoms with Crippen molar-refractivity contribution in [1.29, 1.82) is 0 Å². The van der Waals surface area contributed by atoms with Gasteiger partial charge in [0.15, 0.2) is 4.34 Å². The summed E-state index contributed by atoms with van der Waals surface area (Å²) < 4.78 is 0.999. The van der Waals surface area contributed by atoms with Crippen LogP contribution in [-0.2, 0) is 0 Å². The van der Waals surface area contributed by atoms with E-state index in [0.29, 0.717) is 5.41 Å². The van der Waals surface area contributed by atoms with Crippen LogP contribution in [0.1, 0.15) is 61.5 Å². The van der Waals surface area contributed by atoms with E-state index in [0.717, 1.165) is 39.3 Å². The zero-order valence-electron chi connectivity index (χ0n) is 13.8. The van der Waals surface area contributed by atoms with E-state index < -0.39 is 0 Å². The fraction of sp³-hybridized carbons (Fsp3) is 0.778. The first-order chi connectivity index (χ1) is 11.2. The maximum atomic E-state index is 12.3. The van der Waals surface area contributed by atoms with Gasteiger partial charge in [-0.1, -0.05) is 18.7 Å². The van der Waals surface area contributed by atoms with Gasteiger partial charge < -0.3 is 5.32 Å². The predicted molar refractivity (Wildman–Crippen MR) is 96.1 cm³/mol. The van der Waals surface area contributed by atoms with E-state index in [-0.39, 0.29) is 5.91 Å². The van der Waals surface area contributed by atoms with Gasteiger partial charge in [-0.05, 0) is 73.9 Å². The second-order valence-electron chi connectivity index (χ2n) is 7.85. The van der Waals surface area contributed by atoms with Crippen molar-refractivity contribution in [2.75, 3.05) is 12.3 Å². The van der Waals surface area contributed by atoms with Crippen molar-refractivity contribution in [3.8, 4) is 0 Å². The molecule has 4 bridgehead atoms. The molecule has 0 aromatic carbocycles. The Bertz CT molecular complexity index is 548. The lowest BCUT2D eigenvalue weighted by Crippen LogP contribution is -2.47. The van der Waals surface area contributed by atoms with E-state index in [1.165, 1.54) is 56.3 Å². The van der Waals surface area contributed by atoms with E-state index in [1.807, 2.05) is 0 Å². The maximum Gasteiger partial charge on any atom is 0.263 e. The summed E-state index contributed by atoms with van der Waals surface area (Å²) in [5, 5.41) is 3.15. The molecule has 0 saturated heterocycles. The minimum Gasteiger partial charge on any atom is -0.351 e. The van der Waals surface area contributed by atoms with Crippen LogP contribution in [0.4, 0.5) is 0 Å². The summed E-state index contributed by atoms with van der Waals surface area (Å²) in [5.74, 6) is 4.04. The number of hydrogen-bond donors (Lipinski definition) is 1. The van der Waals surface area contributed by atoms with E-state index in [4.69, 9.17) is 0 Å². The fourth-order valence-corrected chi connectivity index (χ4v) is 7.47. The van der Waals surface area contributed by atoms with Gasteiger partial charge in [-0.2, -0.15) is 0 Å². The first-order valence-electron chi connectivity index (χ1n) is 9.02. The van der Waals surface area contributed by atoms with Crippen LogP contribution >= 0.6 is 23.1 Å². The summed E-state index contributed by atoms with van der Waals surface area (Å²) in [7, 11) is 0. The molecule has 5 heteroatoms. The quantitative estimate of drug-likeness (QED) is 0.763. The minimum atomic E-state index is 0.0650. The Labute approximate surface area is 147 Å². The summed E-state index contributed by atoms with van der Waals surface area (Å²) >= 11 is 3.22. The molecule has 5 rings (SSSR count). The molecule has 4 fully saturated rings. The molecular formula is C18H26N2OS2. The molecule has 23 heavy (non-hydrogen) atoms. The first kappa shape index (κ1) is 15.9. The molecule has 0 unspecified atom stereocenters. The molecule has 0 aliphatic heterocycles. The smallest absolute Gasteiger partial charge is 0.263 e. The van der Waals surface area contributed by atoms with Gasteiger partial charge in [-0.3, -0.25) is 4.79 Å². The molecular weight excluding hydrogens is 324 g/mol. The van der Waals surface area contributed by atoms with Gasteiger partial charge in [0.05, 0.1) is 6.20 Å². The predicted octanol–water partition coefficient (Wildman–Crippen LogP) is 4.59. The molecule has 1 aromatic rings. The lowest BCUT2D eigenvalue weighted by atomic mass is 9.49. The molecule has 0 atom stereocenters. The van der Waals surface area contributed by atoms with Crippen molar-refractivity contribution in [1.82, 2.24) is 10.3 Å². The number of carbonyl (C=O) groups excluding carboxylic acids is 1. The number of amides is 1. The van der Waals surface area contributed by atoms with Crippen LogP contribution in [0, 0.1) is 23.2 Å². The third-order valence-electron chi connectivity index (χ3n) is 6.08. The fourth-order valence-electron chi connectivity index (χ4n) is 5.68. The number of thioether (sulfide) groups is 1. The zero-order chi connectivity index (χ0) is 15.9. The molecule has 4 saturated carbocycles. The van der Waals surface area contributed by atoms with Crippen molar-refractivity contribution < 1.29 is 4.79 Å². The highest BCUT2D eigenvalue weighted by Crippen LogP contribution is 2.61. The molecule has 0 radical (unpaired) electrons. The van der Waals surface area contributed by atoms with Crippen molar-refractivity contribution >= 4 is 29.0 Å². The Hall–Kier alpha value is -0.550. The molecule has 1 heterocycles. The van der Waals surface area contributed by atoms with Crippen LogP contribution < -0.4 is 5.32 Å². The van der Waals surface area contributed by atoms with Crippen molar-refractivity contribution in [3.63, 3.8) is 0 Å². The van der Waals surface area contributed by atoms with Gasteiger partial charge in [0.1, 0.15) is 4.88 Å². The van der Waals surface area contributed by atoms with E-state index in [2.05, 4.69) is 17.2 Å². The second-order valence-corrected chi connectivity index (χ2v) is 10.4. The average molecular weight is 351 g/mol. The minimum absolute atomic E-state index is 0.0650. The molecule has 4 aliphatic carbocycles. The third kappa shape index (κ3) is 3.32. The molecule has 3 nitrogen and oxygen atoms in total. The Morgan fingerprint density at radius 1 is 1.30 bits per heavy atom. The molecule has 1 N–H and O–H groups in total. The van der Waals surface area contributed by atoms with Crippen LogP contribution in [0.15, 0.2) is 10.5 Å². The standard InChI is InChI=1S/C18H26N2OS2/c1-2-22-17-20-11-15(23-17)16(21)19-4-3-18-8-12-5-13(9-18)7-14(6-12)10-18/h11-14H,2-10H2,1H3,(H,19,21). The number of aromatic nitrogens is 1. The number of nitrogens with zero attached hydrogens (tertiary/aromatic N) is 1. The monoisotopic (exact) mass is 350 g/mol. The Morgan fingerprint density at radius 3 is 2.57 bits per heavy atom. The lowest BCUT2D eigenvalue weighted by Gasteiger charge is -2.57. The number of carbonyl (C=O) groups is 1. The van der Waals surface area contributed by atoms with Crippen LogP contribution in [-0.4, -0.2) is 23.2 Å². The van der Waals surface area contributed by atoms with Gasteiger partial charge in [0, 0.05) is 6.54 Å². The van der Waals surface area contributed by atoms with Gasteiger partial charge in [0.25, 0.3) is 5.91 Å². The number of hydrogen-bond acceptors (Lipinski definition) is 4. The van der Waals surface area contributed by atoms with Crippen molar-refractivity contribution in [2.24, 2.45) is 23.2 Å². The van der Waals surface area contributed by atoms with Gasteiger partial charge in [0.2, 0.25) is 0 Å². The molecule has 1 aromatic heterocycles. The van der Waals surface area contributed by atoms with Crippen molar-refractivity contribution in [3.05, 3.63) is 11.1 Å². The Balaban J connectivity index is 1.30. The van der Waals surface area contributed by atoms with Crippen molar-refractivity contribution in [2.45, 2.75) is 56.2 Å². The zero-order valence-corrected chi connectivity index (χ0v) is 15.5. The normalized spacial score (nSPS) is 34.7. The lowest BCUT2D eigenvalue weighted by molar-refractivity contribution is -0.0564. The van der Waals surface area contributed by atoms with E-state index in [9.17, 15) is 4.79 Å². The highest BCUT2D eigenvalue weighted by atomic mass is 32.2. The summed E-state index contributed by atoms with van der Waals surface area (Å²) in [4.78, 5) is 17.4. The summed E-state index contributed by atoms with van der Waals surface area (Å²) in [5.41, 5.74) is 0.555. The van der Waals surface area contributed by atoms with Gasteiger partial charge in [-0.25, -0.2) is 4.98 Å². The summed E-state index contributed by atoms with van der Waals surface area (Å²) in [6.07, 6.45) is 11.6. The Kier molecular flexibility index (Phi) is 4.43. The third-order valence-corrected chi connectivity index (χ3v) is 8.12. The van der Waals surface area contributed by atoms with Crippen LogP contribution in [0.25, 0.3) is 0 Å². The SMILES string of the molecule is CCSc1ncc(C(=O)NCCC23CC4CC(CC(C4)C2)C3)s1. The van der Waals surface area contributed by atoms with Crippen LogP contribution in [0.3, 0.4) is 0 Å². The first-order valence-corrected chi connectivity index (χ1v) is 10.8. The number of nitrogens with one attached hydrogen (secondary N) is 1. The highest BCUT2D eigenvalue weighted by Gasteiger charge is 2.50. The summed E-state index contributed by atoms with van der Waals surface area (Å²) in [6, 6.07) is 0. The maximum absolute atomic E-state index is 12.3. The molecule has 126 valence electrons. The molecule has 1 amide bonds.